The van der Waals surface area contributed by atoms with Gasteiger partial charge in [0, 0.05) is 25.2 Å². The zero-order valence-corrected chi connectivity index (χ0v) is 16.2. The number of amides is 1. The van der Waals surface area contributed by atoms with Crippen LogP contribution in [0.2, 0.25) is 0 Å². The summed E-state index contributed by atoms with van der Waals surface area (Å²) in [6, 6.07) is 13.7. The van der Waals surface area contributed by atoms with Crippen LogP contribution in [-0.2, 0) is 16.6 Å². The van der Waals surface area contributed by atoms with Crippen molar-refractivity contribution in [2.24, 2.45) is 0 Å². The molecule has 1 aliphatic heterocycles. The lowest BCUT2D eigenvalue weighted by Crippen LogP contribution is -2.28. The zero-order valence-electron chi connectivity index (χ0n) is 15.3. The first-order valence-electron chi connectivity index (χ1n) is 9.11. The summed E-state index contributed by atoms with van der Waals surface area (Å²) < 4.78 is 32.0. The maximum atomic E-state index is 12.5. The van der Waals surface area contributed by atoms with Crippen molar-refractivity contribution in [3.63, 3.8) is 0 Å². The number of carbonyl (C=O) groups is 1. The molecular formula is C20H24N2O4S. The molecule has 0 unspecified atom stereocenters. The van der Waals surface area contributed by atoms with Crippen LogP contribution in [-0.4, -0.2) is 38.3 Å². The van der Waals surface area contributed by atoms with Gasteiger partial charge in [-0.05, 0) is 55.7 Å². The third kappa shape index (κ3) is 4.67. The summed E-state index contributed by atoms with van der Waals surface area (Å²) in [6.45, 7) is 3.92. The van der Waals surface area contributed by atoms with E-state index in [0.29, 0.717) is 42.4 Å². The predicted octanol–water partition coefficient (Wildman–Crippen LogP) is 2.80. The molecule has 1 fully saturated rings. The molecule has 2 aromatic carbocycles. The van der Waals surface area contributed by atoms with Crippen LogP contribution in [0, 0.1) is 0 Å². The molecule has 1 saturated heterocycles. The van der Waals surface area contributed by atoms with Crippen molar-refractivity contribution in [1.29, 1.82) is 0 Å². The number of sulfonamides is 1. The minimum atomic E-state index is -3.41. The second-order valence-electron chi connectivity index (χ2n) is 6.40. The lowest BCUT2D eigenvalue weighted by Gasteiger charge is -2.15. The normalized spacial score (nSPS) is 14.9. The van der Waals surface area contributed by atoms with Crippen molar-refractivity contribution in [2.45, 2.75) is 31.2 Å². The molecule has 7 heteroatoms. The van der Waals surface area contributed by atoms with Crippen LogP contribution in [0.3, 0.4) is 0 Å². The van der Waals surface area contributed by atoms with Crippen molar-refractivity contribution in [3.8, 4) is 5.75 Å². The monoisotopic (exact) mass is 388 g/mol. The van der Waals surface area contributed by atoms with Crippen molar-refractivity contribution >= 4 is 15.9 Å². The number of hydrogen-bond acceptors (Lipinski definition) is 4. The van der Waals surface area contributed by atoms with Gasteiger partial charge in [-0.15, -0.1) is 0 Å². The fraction of sp³-hybridized carbons (Fsp3) is 0.350. The van der Waals surface area contributed by atoms with Crippen molar-refractivity contribution in [2.75, 3.05) is 19.7 Å². The lowest BCUT2D eigenvalue weighted by molar-refractivity contribution is 0.0950. The Morgan fingerprint density at radius 2 is 1.81 bits per heavy atom. The largest absolute Gasteiger partial charge is 0.494 e. The van der Waals surface area contributed by atoms with Crippen molar-refractivity contribution in [1.82, 2.24) is 9.62 Å². The molecule has 0 bridgehead atoms. The Hall–Kier alpha value is -2.38. The van der Waals surface area contributed by atoms with Gasteiger partial charge in [0.25, 0.3) is 5.91 Å². The number of nitrogens with one attached hydrogen (secondary N) is 1. The molecular weight excluding hydrogens is 364 g/mol. The van der Waals surface area contributed by atoms with Crippen LogP contribution < -0.4 is 10.1 Å². The highest BCUT2D eigenvalue weighted by Crippen LogP contribution is 2.21. The molecule has 0 atom stereocenters. The first kappa shape index (κ1) is 19.4. The van der Waals surface area contributed by atoms with E-state index in [1.165, 1.54) is 4.31 Å². The summed E-state index contributed by atoms with van der Waals surface area (Å²) in [4.78, 5) is 12.6. The standard InChI is InChI=1S/C20H24N2O4S/c1-2-26-18-7-5-6-17(14-18)20(23)21-15-16-8-10-19(11-9-16)27(24,25)22-12-3-4-13-22/h5-11,14H,2-4,12-13,15H2,1H3,(H,21,23). The quantitative estimate of drug-likeness (QED) is 0.791. The van der Waals surface area contributed by atoms with Gasteiger partial charge in [0.15, 0.2) is 0 Å². The van der Waals surface area contributed by atoms with E-state index in [1.54, 1.807) is 48.5 Å². The average Bonchev–Trinajstić information content (AvgIpc) is 3.23. The SMILES string of the molecule is CCOc1cccc(C(=O)NCc2ccc(S(=O)(=O)N3CCCC3)cc2)c1. The van der Waals surface area contributed by atoms with Gasteiger partial charge < -0.3 is 10.1 Å². The molecule has 0 aromatic heterocycles. The third-order valence-electron chi connectivity index (χ3n) is 4.49. The molecule has 0 spiro atoms. The summed E-state index contributed by atoms with van der Waals surface area (Å²) >= 11 is 0. The molecule has 27 heavy (non-hydrogen) atoms. The molecule has 2 aromatic rings. The number of ether oxygens (including phenoxy) is 1. The third-order valence-corrected chi connectivity index (χ3v) is 6.40. The van der Waals surface area contributed by atoms with Crippen molar-refractivity contribution in [3.05, 3.63) is 59.7 Å². The van der Waals surface area contributed by atoms with E-state index in [1.807, 2.05) is 6.92 Å². The van der Waals surface area contributed by atoms with Gasteiger partial charge >= 0.3 is 0 Å². The molecule has 0 radical (unpaired) electrons. The summed E-state index contributed by atoms with van der Waals surface area (Å²) in [5, 5.41) is 2.84. The Kier molecular flexibility index (Phi) is 6.13. The Morgan fingerprint density at radius 1 is 1.11 bits per heavy atom. The highest BCUT2D eigenvalue weighted by molar-refractivity contribution is 7.89. The molecule has 1 amide bonds. The minimum Gasteiger partial charge on any atom is -0.494 e. The number of benzene rings is 2. The van der Waals surface area contributed by atoms with Gasteiger partial charge in [-0.25, -0.2) is 8.42 Å². The summed E-state index contributed by atoms with van der Waals surface area (Å²) in [5.74, 6) is 0.451. The highest BCUT2D eigenvalue weighted by atomic mass is 32.2. The van der Waals surface area contributed by atoms with Crippen molar-refractivity contribution < 1.29 is 17.9 Å². The van der Waals surface area contributed by atoms with E-state index in [9.17, 15) is 13.2 Å². The second kappa shape index (κ2) is 8.54. The van der Waals surface area contributed by atoms with Gasteiger partial charge in [0.1, 0.15) is 5.75 Å². The van der Waals surface area contributed by atoms with Crippen LogP contribution in [0.25, 0.3) is 0 Å². The van der Waals surface area contributed by atoms with Crippen LogP contribution in [0.4, 0.5) is 0 Å². The Bertz CT molecular complexity index is 888. The Balaban J connectivity index is 1.61. The highest BCUT2D eigenvalue weighted by Gasteiger charge is 2.26. The van der Waals surface area contributed by atoms with E-state index in [4.69, 9.17) is 4.74 Å². The summed E-state index contributed by atoms with van der Waals surface area (Å²) in [6.07, 6.45) is 1.82. The Morgan fingerprint density at radius 3 is 2.48 bits per heavy atom. The van der Waals surface area contributed by atoms with Crippen LogP contribution in [0.15, 0.2) is 53.4 Å². The molecule has 1 N–H and O–H groups in total. The average molecular weight is 388 g/mol. The number of nitrogens with zero attached hydrogens (tertiary/aromatic N) is 1. The van der Waals surface area contributed by atoms with Gasteiger partial charge in [-0.1, -0.05) is 18.2 Å². The van der Waals surface area contributed by atoms with Crippen LogP contribution in [0.5, 0.6) is 5.75 Å². The van der Waals surface area contributed by atoms with Gasteiger partial charge in [0.2, 0.25) is 10.0 Å². The van der Waals surface area contributed by atoms with E-state index < -0.39 is 10.0 Å². The molecule has 144 valence electrons. The summed E-state index contributed by atoms with van der Waals surface area (Å²) in [5.41, 5.74) is 1.36. The van der Waals surface area contributed by atoms with Gasteiger partial charge in [-0.3, -0.25) is 4.79 Å². The molecule has 1 heterocycles. The predicted molar refractivity (Wildman–Crippen MR) is 103 cm³/mol. The van der Waals surface area contributed by atoms with Crippen LogP contribution >= 0.6 is 0 Å². The first-order chi connectivity index (χ1) is 13.0. The smallest absolute Gasteiger partial charge is 0.251 e. The molecule has 6 nitrogen and oxygen atoms in total. The molecule has 0 saturated carbocycles. The van der Waals surface area contributed by atoms with E-state index in [0.717, 1.165) is 18.4 Å². The minimum absolute atomic E-state index is 0.203. The number of carbonyl (C=O) groups excluding carboxylic acids is 1. The van der Waals surface area contributed by atoms with E-state index in [2.05, 4.69) is 5.32 Å². The van der Waals surface area contributed by atoms with Crippen LogP contribution in [0.1, 0.15) is 35.7 Å². The summed E-state index contributed by atoms with van der Waals surface area (Å²) in [7, 11) is -3.41. The van der Waals surface area contributed by atoms with Gasteiger partial charge in [0.05, 0.1) is 11.5 Å². The topological polar surface area (TPSA) is 75.7 Å². The Labute approximate surface area is 160 Å². The maximum Gasteiger partial charge on any atom is 0.251 e. The second-order valence-corrected chi connectivity index (χ2v) is 8.34. The fourth-order valence-electron chi connectivity index (χ4n) is 3.04. The molecule has 3 rings (SSSR count). The maximum absolute atomic E-state index is 12.5. The van der Waals surface area contributed by atoms with Gasteiger partial charge in [-0.2, -0.15) is 4.31 Å². The lowest BCUT2D eigenvalue weighted by atomic mass is 10.2. The number of hydrogen-bond donors (Lipinski definition) is 1. The van der Waals surface area contributed by atoms with E-state index in [-0.39, 0.29) is 5.91 Å². The fourth-order valence-corrected chi connectivity index (χ4v) is 4.55. The van der Waals surface area contributed by atoms with E-state index >= 15 is 0 Å². The molecule has 1 aliphatic rings. The number of rotatable bonds is 7. The molecule has 0 aliphatic carbocycles. The first-order valence-corrected chi connectivity index (χ1v) is 10.5. The zero-order chi connectivity index (χ0) is 19.3.